The van der Waals surface area contributed by atoms with Crippen LogP contribution in [0.1, 0.15) is 34.1 Å². The molecule has 4 nitrogen and oxygen atoms in total. The van der Waals surface area contributed by atoms with Gasteiger partial charge in [-0.3, -0.25) is 4.79 Å². The first-order valence-electron chi connectivity index (χ1n) is 10.7. The van der Waals surface area contributed by atoms with E-state index < -0.39 is 0 Å². The summed E-state index contributed by atoms with van der Waals surface area (Å²) in [5, 5.41) is 7.17. The fourth-order valence-electron chi connectivity index (χ4n) is 3.88. The van der Waals surface area contributed by atoms with Gasteiger partial charge in [0.05, 0.1) is 18.6 Å². The van der Waals surface area contributed by atoms with Gasteiger partial charge in [-0.15, -0.1) is 11.3 Å². The lowest BCUT2D eigenvalue weighted by Gasteiger charge is -2.26. The minimum Gasteiger partial charge on any atom is -0.339 e. The number of para-hydroxylation sites is 1. The molecule has 32 heavy (non-hydrogen) atoms. The van der Waals surface area contributed by atoms with Crippen molar-refractivity contribution in [2.75, 3.05) is 5.32 Å². The summed E-state index contributed by atoms with van der Waals surface area (Å²) in [5.41, 5.74) is 5.97. The van der Waals surface area contributed by atoms with Gasteiger partial charge in [0.25, 0.3) is 5.56 Å². The van der Waals surface area contributed by atoms with Crippen molar-refractivity contribution in [2.24, 2.45) is 0 Å². The maximum Gasteiger partial charge on any atom is 0.253 e. The van der Waals surface area contributed by atoms with Gasteiger partial charge in [-0.2, -0.15) is 0 Å². The predicted molar refractivity (Wildman–Crippen MR) is 140 cm³/mol. The quantitative estimate of drug-likeness (QED) is 0.337. The second-order valence-corrected chi connectivity index (χ2v) is 9.41. The smallest absolute Gasteiger partial charge is 0.253 e. The number of aromatic amines is 1. The zero-order valence-electron chi connectivity index (χ0n) is 18.6. The predicted octanol–water partition coefficient (Wildman–Crippen LogP) is 6.17. The first-order chi connectivity index (χ1) is 15.5. The van der Waals surface area contributed by atoms with E-state index in [2.05, 4.69) is 52.6 Å². The van der Waals surface area contributed by atoms with Gasteiger partial charge in [0, 0.05) is 21.5 Å². The van der Waals surface area contributed by atoms with Crippen molar-refractivity contribution in [1.82, 2.24) is 9.88 Å². The lowest BCUT2D eigenvalue weighted by molar-refractivity contribution is 0.415. The Bertz CT molecular complexity index is 1310. The van der Waals surface area contributed by atoms with Gasteiger partial charge in [-0.1, -0.05) is 43.3 Å². The van der Waals surface area contributed by atoms with E-state index in [0.717, 1.165) is 34.1 Å². The van der Waals surface area contributed by atoms with Crippen molar-refractivity contribution in [1.29, 1.82) is 0 Å². The third-order valence-corrected chi connectivity index (χ3v) is 6.96. The Kier molecular flexibility index (Phi) is 6.72. The number of anilines is 1. The summed E-state index contributed by atoms with van der Waals surface area (Å²) in [4.78, 5) is 19.3. The molecule has 0 saturated carbocycles. The summed E-state index contributed by atoms with van der Waals surface area (Å²) in [6.07, 6.45) is 0.916. The Hall–Kier alpha value is -2.96. The number of benzene rings is 2. The Morgan fingerprint density at radius 2 is 1.81 bits per heavy atom. The molecule has 2 aromatic carbocycles. The first kappa shape index (κ1) is 22.2. The summed E-state index contributed by atoms with van der Waals surface area (Å²) in [5.74, 6) is 0. The molecule has 0 fully saturated rings. The normalized spacial score (nSPS) is 11.0. The molecule has 0 aliphatic rings. The van der Waals surface area contributed by atoms with Crippen LogP contribution in [0, 0.1) is 13.8 Å². The first-order valence-corrected chi connectivity index (χ1v) is 12.0. The van der Waals surface area contributed by atoms with Crippen LogP contribution in [0.2, 0.25) is 0 Å². The molecule has 2 N–H and O–H groups in total. The van der Waals surface area contributed by atoms with E-state index in [0.29, 0.717) is 23.8 Å². The summed E-state index contributed by atoms with van der Waals surface area (Å²) < 4.78 is 0. The number of hydrogen-bond donors (Lipinski definition) is 2. The second-order valence-electron chi connectivity index (χ2n) is 7.99. The third kappa shape index (κ3) is 4.76. The molecule has 0 amide bonds. The highest BCUT2D eigenvalue weighted by Gasteiger charge is 2.16. The fraction of sp³-hybridized carbons (Fsp3) is 0.231. The number of nitrogens with zero attached hydrogens (tertiary/aromatic N) is 1. The van der Waals surface area contributed by atoms with Gasteiger partial charge in [-0.05, 0) is 72.8 Å². The molecule has 4 rings (SSSR count). The maximum absolute atomic E-state index is 13.0. The summed E-state index contributed by atoms with van der Waals surface area (Å²) >= 11 is 7.52. The maximum atomic E-state index is 13.0. The number of hydrogen-bond acceptors (Lipinski definition) is 3. The van der Waals surface area contributed by atoms with Gasteiger partial charge >= 0.3 is 0 Å². The van der Waals surface area contributed by atoms with E-state index in [1.807, 2.05) is 43.3 Å². The van der Waals surface area contributed by atoms with Crippen molar-refractivity contribution in [3.8, 4) is 0 Å². The minimum atomic E-state index is -0.0702. The Morgan fingerprint density at radius 3 is 2.56 bits per heavy atom. The molecule has 164 valence electrons. The van der Waals surface area contributed by atoms with Crippen LogP contribution in [0.4, 0.5) is 5.69 Å². The number of fused-ring (bicyclic) bond motifs is 1. The molecule has 0 atom stereocenters. The summed E-state index contributed by atoms with van der Waals surface area (Å²) in [6, 6.07) is 18.5. The SMILES string of the molecule is CCc1ccccc1NC(=S)N(Cc1cccs1)Cc1cc2c(C)ccc(C)c2[nH]c1=O. The average molecular weight is 462 g/mol. The van der Waals surface area contributed by atoms with Crippen LogP contribution in [0.5, 0.6) is 0 Å². The lowest BCUT2D eigenvalue weighted by atomic mass is 10.0. The van der Waals surface area contributed by atoms with E-state index in [-0.39, 0.29) is 5.56 Å². The zero-order chi connectivity index (χ0) is 22.7. The molecule has 4 aromatic rings. The van der Waals surface area contributed by atoms with Gasteiger partial charge in [0.2, 0.25) is 0 Å². The van der Waals surface area contributed by atoms with E-state index >= 15 is 0 Å². The van der Waals surface area contributed by atoms with E-state index in [1.165, 1.54) is 10.4 Å². The molecule has 0 spiro atoms. The molecule has 6 heteroatoms. The molecule has 0 bridgehead atoms. The number of aryl methyl sites for hydroxylation is 3. The van der Waals surface area contributed by atoms with Crippen LogP contribution < -0.4 is 10.9 Å². The highest BCUT2D eigenvalue weighted by atomic mass is 32.1. The zero-order valence-corrected chi connectivity index (χ0v) is 20.2. The lowest BCUT2D eigenvalue weighted by Crippen LogP contribution is -2.35. The molecule has 2 heterocycles. The van der Waals surface area contributed by atoms with Crippen LogP contribution in [0.3, 0.4) is 0 Å². The van der Waals surface area contributed by atoms with Gasteiger partial charge in [-0.25, -0.2) is 0 Å². The molecule has 0 radical (unpaired) electrons. The Morgan fingerprint density at radius 1 is 1.03 bits per heavy atom. The number of thiocarbonyl (C=S) groups is 1. The highest BCUT2D eigenvalue weighted by Crippen LogP contribution is 2.22. The number of aromatic nitrogens is 1. The molecule has 0 saturated heterocycles. The van der Waals surface area contributed by atoms with Crippen LogP contribution in [-0.2, 0) is 19.5 Å². The summed E-state index contributed by atoms with van der Waals surface area (Å²) in [7, 11) is 0. The van der Waals surface area contributed by atoms with Crippen LogP contribution in [0.25, 0.3) is 10.9 Å². The van der Waals surface area contributed by atoms with Crippen molar-refractivity contribution in [3.05, 3.63) is 97.5 Å². The average Bonchev–Trinajstić information content (AvgIpc) is 3.30. The third-order valence-electron chi connectivity index (χ3n) is 5.74. The number of thiophene rings is 1. The number of pyridine rings is 1. The van der Waals surface area contributed by atoms with Gasteiger partial charge < -0.3 is 15.2 Å². The van der Waals surface area contributed by atoms with Crippen molar-refractivity contribution < 1.29 is 0 Å². The van der Waals surface area contributed by atoms with E-state index in [1.54, 1.807) is 11.3 Å². The number of nitrogens with one attached hydrogen (secondary N) is 2. The number of H-pyrrole nitrogens is 1. The summed E-state index contributed by atoms with van der Waals surface area (Å²) in [6.45, 7) is 7.29. The van der Waals surface area contributed by atoms with Crippen LogP contribution >= 0.6 is 23.6 Å². The van der Waals surface area contributed by atoms with Crippen molar-refractivity contribution >= 4 is 45.3 Å². The molecular formula is C26H27N3OS2. The van der Waals surface area contributed by atoms with Gasteiger partial charge in [0.15, 0.2) is 5.11 Å². The van der Waals surface area contributed by atoms with E-state index in [4.69, 9.17) is 12.2 Å². The fourth-order valence-corrected chi connectivity index (χ4v) is 4.83. The molecule has 0 unspecified atom stereocenters. The minimum absolute atomic E-state index is 0.0702. The standard InChI is InChI=1S/C26H27N3OS2/c1-4-19-8-5-6-10-23(19)27-26(31)29(16-21-9-7-13-32-21)15-20-14-22-17(2)11-12-18(3)24(22)28-25(20)30/h5-14H,4,15-16H2,1-3H3,(H,27,31)(H,28,30). The molecule has 2 aromatic heterocycles. The van der Waals surface area contributed by atoms with Crippen LogP contribution in [0.15, 0.2) is 64.8 Å². The molecule has 0 aliphatic heterocycles. The monoisotopic (exact) mass is 461 g/mol. The Labute approximate surface area is 197 Å². The van der Waals surface area contributed by atoms with Gasteiger partial charge in [0.1, 0.15) is 0 Å². The Balaban J connectivity index is 1.68. The largest absolute Gasteiger partial charge is 0.339 e. The molecular weight excluding hydrogens is 434 g/mol. The molecule has 0 aliphatic carbocycles. The van der Waals surface area contributed by atoms with Crippen molar-refractivity contribution in [2.45, 2.75) is 40.3 Å². The topological polar surface area (TPSA) is 48.1 Å². The highest BCUT2D eigenvalue weighted by molar-refractivity contribution is 7.80. The van der Waals surface area contributed by atoms with E-state index in [9.17, 15) is 4.79 Å². The van der Waals surface area contributed by atoms with Crippen LogP contribution in [-0.4, -0.2) is 15.0 Å². The van der Waals surface area contributed by atoms with Crippen molar-refractivity contribution in [3.63, 3.8) is 0 Å². The second kappa shape index (κ2) is 9.67. The number of rotatable bonds is 6.